The van der Waals surface area contributed by atoms with E-state index in [0.29, 0.717) is 29.6 Å². The smallest absolute Gasteiger partial charge is 0.240 e. The lowest BCUT2D eigenvalue weighted by molar-refractivity contribution is -0.131. The van der Waals surface area contributed by atoms with Crippen LogP contribution in [0.25, 0.3) is 0 Å². The molecule has 7 heteroatoms. The second-order valence-corrected chi connectivity index (χ2v) is 6.51. The average molecular weight is 365 g/mol. The van der Waals surface area contributed by atoms with Crippen molar-refractivity contribution in [1.29, 1.82) is 0 Å². The Hall–Kier alpha value is -2.47. The van der Waals surface area contributed by atoms with Gasteiger partial charge in [-0.05, 0) is 55.7 Å². The molecule has 2 aromatic rings. The highest BCUT2D eigenvalue weighted by Crippen LogP contribution is 2.47. The largest absolute Gasteiger partial charge is 0.325 e. The van der Waals surface area contributed by atoms with E-state index in [-0.39, 0.29) is 5.69 Å². The topological polar surface area (TPSA) is 58.2 Å². The number of benzene rings is 2. The van der Waals surface area contributed by atoms with Crippen LogP contribution in [0.2, 0.25) is 5.02 Å². The molecule has 0 spiro atoms. The molecule has 1 aliphatic rings. The Kier molecular flexibility index (Phi) is 4.47. The van der Waals surface area contributed by atoms with Gasteiger partial charge in [-0.2, -0.15) is 0 Å². The van der Waals surface area contributed by atoms with Gasteiger partial charge in [0.05, 0.1) is 5.69 Å². The van der Waals surface area contributed by atoms with Crippen molar-refractivity contribution in [3.8, 4) is 0 Å². The zero-order chi connectivity index (χ0) is 18.2. The van der Waals surface area contributed by atoms with Crippen molar-refractivity contribution in [3.63, 3.8) is 0 Å². The minimum Gasteiger partial charge on any atom is -0.325 e. The molecule has 2 aromatic carbocycles. The van der Waals surface area contributed by atoms with Gasteiger partial charge in [-0.3, -0.25) is 9.59 Å². The summed E-state index contributed by atoms with van der Waals surface area (Å²) in [6.07, 6.45) is 0.722. The lowest BCUT2D eigenvalue weighted by Gasteiger charge is -2.17. The number of aryl methyl sites for hydroxylation is 1. The van der Waals surface area contributed by atoms with Crippen molar-refractivity contribution in [2.24, 2.45) is 5.41 Å². The second kappa shape index (κ2) is 6.44. The average Bonchev–Trinajstić information content (AvgIpc) is 3.34. The van der Waals surface area contributed by atoms with E-state index in [0.717, 1.165) is 17.7 Å². The summed E-state index contributed by atoms with van der Waals surface area (Å²) in [6.45, 7) is 1.79. The molecule has 0 saturated heterocycles. The molecule has 130 valence electrons. The van der Waals surface area contributed by atoms with Gasteiger partial charge in [0, 0.05) is 16.8 Å². The van der Waals surface area contributed by atoms with Crippen LogP contribution in [0, 0.1) is 24.0 Å². The van der Waals surface area contributed by atoms with Crippen LogP contribution < -0.4 is 10.6 Å². The van der Waals surface area contributed by atoms with Gasteiger partial charge >= 0.3 is 0 Å². The van der Waals surface area contributed by atoms with Crippen LogP contribution in [0.1, 0.15) is 18.4 Å². The third kappa shape index (κ3) is 3.49. The number of nitrogens with one attached hydrogen (secondary N) is 2. The van der Waals surface area contributed by atoms with E-state index < -0.39 is 28.9 Å². The summed E-state index contributed by atoms with van der Waals surface area (Å²) < 4.78 is 26.6. The number of rotatable bonds is 4. The Morgan fingerprint density at radius 3 is 2.16 bits per heavy atom. The molecule has 1 aliphatic carbocycles. The van der Waals surface area contributed by atoms with Crippen molar-refractivity contribution < 1.29 is 18.4 Å². The molecule has 2 N–H and O–H groups in total. The van der Waals surface area contributed by atoms with Gasteiger partial charge < -0.3 is 10.6 Å². The van der Waals surface area contributed by atoms with Crippen LogP contribution in [0.5, 0.6) is 0 Å². The first-order valence-electron chi connectivity index (χ1n) is 7.66. The zero-order valence-electron chi connectivity index (χ0n) is 13.3. The molecule has 1 saturated carbocycles. The van der Waals surface area contributed by atoms with E-state index in [1.54, 1.807) is 25.1 Å². The lowest BCUT2D eigenvalue weighted by Crippen LogP contribution is -2.36. The van der Waals surface area contributed by atoms with Gasteiger partial charge in [0.25, 0.3) is 0 Å². The molecule has 4 nitrogen and oxygen atoms in total. The molecular weight excluding hydrogens is 350 g/mol. The molecule has 0 radical (unpaired) electrons. The van der Waals surface area contributed by atoms with Crippen LogP contribution >= 0.6 is 11.6 Å². The molecule has 1 fully saturated rings. The summed E-state index contributed by atoms with van der Waals surface area (Å²) in [4.78, 5) is 25.0. The summed E-state index contributed by atoms with van der Waals surface area (Å²) >= 11 is 5.88. The number of anilines is 2. The highest BCUT2D eigenvalue weighted by atomic mass is 35.5. The highest BCUT2D eigenvalue weighted by Gasteiger charge is 2.56. The third-order valence-corrected chi connectivity index (χ3v) is 4.47. The molecule has 0 bridgehead atoms. The normalized spacial score (nSPS) is 14.7. The Morgan fingerprint density at radius 1 is 1.00 bits per heavy atom. The van der Waals surface area contributed by atoms with Gasteiger partial charge in [-0.25, -0.2) is 8.78 Å². The number of hydrogen-bond acceptors (Lipinski definition) is 2. The standard InChI is InChI=1S/C18H15ClF2N2O2/c1-10-8-11(19)2-4-14(10)22-16(24)18(6-7-18)17(25)23-15-5-3-12(20)9-13(15)21/h2-5,8-9H,6-7H2,1H3,(H,22,24)(H,23,25). The molecule has 0 unspecified atom stereocenters. The van der Waals surface area contributed by atoms with Crippen molar-refractivity contribution in [2.45, 2.75) is 19.8 Å². The lowest BCUT2D eigenvalue weighted by atomic mass is 10.0. The van der Waals surface area contributed by atoms with Gasteiger partial charge in [-0.15, -0.1) is 0 Å². The number of amides is 2. The van der Waals surface area contributed by atoms with E-state index in [4.69, 9.17) is 11.6 Å². The summed E-state index contributed by atoms with van der Waals surface area (Å²) in [5.41, 5.74) is -0.0800. The zero-order valence-corrected chi connectivity index (χ0v) is 14.1. The minimum absolute atomic E-state index is 0.159. The first-order valence-corrected chi connectivity index (χ1v) is 8.04. The molecule has 25 heavy (non-hydrogen) atoms. The van der Waals surface area contributed by atoms with E-state index in [2.05, 4.69) is 10.6 Å². The molecular formula is C18H15ClF2N2O2. The first kappa shape index (κ1) is 17.4. The highest BCUT2D eigenvalue weighted by molar-refractivity contribution is 6.30. The monoisotopic (exact) mass is 364 g/mol. The van der Waals surface area contributed by atoms with Crippen molar-refractivity contribution in [3.05, 3.63) is 58.6 Å². The maximum Gasteiger partial charge on any atom is 0.240 e. The summed E-state index contributed by atoms with van der Waals surface area (Å²) in [7, 11) is 0. The molecule has 3 rings (SSSR count). The number of carbonyl (C=O) groups is 2. The Bertz CT molecular complexity index is 799. The Morgan fingerprint density at radius 2 is 1.60 bits per heavy atom. The quantitative estimate of drug-likeness (QED) is 0.795. The molecule has 0 aliphatic heterocycles. The third-order valence-electron chi connectivity index (χ3n) is 4.24. The number of hydrogen-bond donors (Lipinski definition) is 2. The molecule has 0 heterocycles. The molecule has 2 amide bonds. The maximum atomic E-state index is 13.7. The molecule has 0 atom stereocenters. The predicted molar refractivity (Wildman–Crippen MR) is 91.5 cm³/mol. The maximum absolute atomic E-state index is 13.7. The summed E-state index contributed by atoms with van der Waals surface area (Å²) in [5, 5.41) is 5.63. The van der Waals surface area contributed by atoms with Crippen molar-refractivity contribution >= 4 is 34.8 Å². The van der Waals surface area contributed by atoms with Gasteiger partial charge in [-0.1, -0.05) is 11.6 Å². The minimum atomic E-state index is -1.24. The second-order valence-electron chi connectivity index (χ2n) is 6.07. The van der Waals surface area contributed by atoms with E-state index in [9.17, 15) is 18.4 Å². The fraction of sp³-hybridized carbons (Fsp3) is 0.222. The van der Waals surface area contributed by atoms with Crippen molar-refractivity contribution in [2.75, 3.05) is 10.6 Å². The van der Waals surface area contributed by atoms with Gasteiger partial charge in [0.15, 0.2) is 0 Å². The Balaban J connectivity index is 1.74. The van der Waals surface area contributed by atoms with Crippen LogP contribution in [0.4, 0.5) is 20.2 Å². The summed E-state index contributed by atoms with van der Waals surface area (Å²) in [6, 6.07) is 7.83. The summed E-state index contributed by atoms with van der Waals surface area (Å²) in [5.74, 6) is -2.70. The van der Waals surface area contributed by atoms with Crippen LogP contribution in [-0.4, -0.2) is 11.8 Å². The Labute approximate surface area is 148 Å². The number of halogens is 3. The van der Waals surface area contributed by atoms with Crippen LogP contribution in [0.15, 0.2) is 36.4 Å². The van der Waals surface area contributed by atoms with E-state index in [1.165, 1.54) is 0 Å². The first-order chi connectivity index (χ1) is 11.8. The van der Waals surface area contributed by atoms with E-state index in [1.807, 2.05) is 0 Å². The number of carbonyl (C=O) groups excluding carboxylic acids is 2. The van der Waals surface area contributed by atoms with Crippen LogP contribution in [0.3, 0.4) is 0 Å². The van der Waals surface area contributed by atoms with Gasteiger partial charge in [0.2, 0.25) is 11.8 Å². The SMILES string of the molecule is Cc1cc(Cl)ccc1NC(=O)C1(C(=O)Nc2ccc(F)cc2F)CC1. The van der Waals surface area contributed by atoms with Crippen LogP contribution in [-0.2, 0) is 9.59 Å². The fourth-order valence-electron chi connectivity index (χ4n) is 2.52. The fourth-order valence-corrected chi connectivity index (χ4v) is 2.75. The van der Waals surface area contributed by atoms with E-state index >= 15 is 0 Å². The van der Waals surface area contributed by atoms with Gasteiger partial charge in [0.1, 0.15) is 17.0 Å². The van der Waals surface area contributed by atoms with Crippen molar-refractivity contribution in [1.82, 2.24) is 0 Å². The molecule has 0 aromatic heterocycles. The predicted octanol–water partition coefficient (Wildman–Crippen LogP) is 4.28.